The van der Waals surface area contributed by atoms with Crippen LogP contribution in [0.3, 0.4) is 0 Å². The van der Waals surface area contributed by atoms with Gasteiger partial charge in [-0.15, -0.1) is 0 Å². The van der Waals surface area contributed by atoms with E-state index < -0.39 is 18.4 Å². The molecule has 3 heterocycles. The maximum atomic E-state index is 15.4. The van der Waals surface area contributed by atoms with Gasteiger partial charge in [-0.2, -0.15) is 0 Å². The first-order valence-corrected chi connectivity index (χ1v) is 37.3. The maximum absolute atomic E-state index is 15.4. The van der Waals surface area contributed by atoms with Crippen LogP contribution in [0.2, 0.25) is 14.8 Å². The van der Waals surface area contributed by atoms with Crippen LogP contribution in [0.25, 0.3) is 31.2 Å². The van der Waals surface area contributed by atoms with Gasteiger partial charge < -0.3 is 0 Å². The van der Waals surface area contributed by atoms with Crippen LogP contribution in [0.4, 0.5) is 4.39 Å². The van der Waals surface area contributed by atoms with Crippen molar-refractivity contribution in [1.29, 1.82) is 0 Å². The molecule has 0 saturated heterocycles. The second-order valence-corrected chi connectivity index (χ2v) is 37.8. The number of unbranched alkanes of at least 4 members (excludes halogenated alkanes) is 26. The van der Waals surface area contributed by atoms with Crippen molar-refractivity contribution in [1.82, 2.24) is 8.75 Å². The van der Waals surface area contributed by atoms with Crippen molar-refractivity contribution >= 4 is 82.6 Å². The van der Waals surface area contributed by atoms with Gasteiger partial charge in [0.05, 0.1) is 0 Å². The first-order chi connectivity index (χ1) is 28.2. The quantitative estimate of drug-likeness (QED) is 0.0360. The average molecular weight is 1020 g/mol. The summed E-state index contributed by atoms with van der Waals surface area (Å²) in [4.78, 5) is 11.9. The van der Waals surface area contributed by atoms with Crippen LogP contribution in [0.5, 0.6) is 0 Å². The van der Waals surface area contributed by atoms with Crippen molar-refractivity contribution in [2.24, 2.45) is 0 Å². The Morgan fingerprint density at radius 2 is 0.931 bits per heavy atom. The number of hydrogen-bond acceptors (Lipinski definition) is 5. The molecule has 0 fully saturated rings. The summed E-state index contributed by atoms with van der Waals surface area (Å²) in [6.07, 6.45) is 41.5. The van der Waals surface area contributed by atoms with E-state index in [1.165, 1.54) is 220 Å². The Kier molecular flexibility index (Phi) is 21.6. The van der Waals surface area contributed by atoms with Gasteiger partial charge in [0.25, 0.3) is 0 Å². The minimum atomic E-state index is -2.33. The topological polar surface area (TPSA) is 25.8 Å². The van der Waals surface area contributed by atoms with Gasteiger partial charge in [-0.3, -0.25) is 0 Å². The van der Waals surface area contributed by atoms with E-state index in [2.05, 4.69) is 76.8 Å². The Balaban J connectivity index is 1.24. The zero-order valence-corrected chi connectivity index (χ0v) is 44.2. The molecule has 0 radical (unpaired) electrons. The van der Waals surface area contributed by atoms with E-state index in [1.54, 1.807) is 14.5 Å². The molecule has 58 heavy (non-hydrogen) atoms. The van der Waals surface area contributed by atoms with Crippen LogP contribution in [0, 0.1) is 5.82 Å². The Bertz CT molecular complexity index is 1740. The molecule has 0 saturated carbocycles. The Labute approximate surface area is 379 Å². The third-order valence-electron chi connectivity index (χ3n) is 13.1. The molecule has 3 aromatic heterocycles. The number of benzene rings is 1. The molecule has 0 amide bonds. The van der Waals surface area contributed by atoms with Crippen molar-refractivity contribution in [3.05, 3.63) is 39.6 Å². The van der Waals surface area contributed by atoms with E-state index in [0.717, 1.165) is 16.0 Å². The van der Waals surface area contributed by atoms with Crippen LogP contribution < -0.4 is 2.89 Å². The number of hydrogen-bond donors (Lipinski definition) is 0. The molecule has 1 aromatic carbocycles. The molecular formula is C50H78BrFN2S3Sn. The van der Waals surface area contributed by atoms with E-state index in [4.69, 9.17) is 0 Å². The molecule has 0 aliphatic heterocycles. The van der Waals surface area contributed by atoms with Crippen LogP contribution in [-0.2, 0) is 5.41 Å². The molecule has 8 heteroatoms. The molecule has 5 rings (SSSR count). The zero-order chi connectivity index (χ0) is 41.2. The molecule has 1 aliphatic carbocycles. The summed E-state index contributed by atoms with van der Waals surface area (Å²) in [7, 11) is 0. The van der Waals surface area contributed by atoms with Crippen LogP contribution in [0.15, 0.2) is 22.7 Å². The molecular weight excluding hydrogens is 942 g/mol. The standard InChI is InChI=1S/C47H69BrFN2S3.3CH3.Sn/c1-3-5-7-9-11-13-15-17-19-21-23-25-27-29-32-47(33-30-28-26-24-22-20-18-16-14-12-10-8-6-4-2)38-31-34-52-45(38)46-39(47)36-41(53-46)37-35-40(49)42(48)44-43(37)50-54-51-44;;;;/h31,35-36H,3-30,32-33H2,1-2H3;3*1H3;. The van der Waals surface area contributed by atoms with E-state index in [9.17, 15) is 0 Å². The normalized spacial score (nSPS) is 13.6. The second-order valence-electron chi connectivity index (χ2n) is 18.9. The summed E-state index contributed by atoms with van der Waals surface area (Å²) >= 11 is 6.32. The molecule has 0 atom stereocenters. The second kappa shape index (κ2) is 25.7. The van der Waals surface area contributed by atoms with Crippen LogP contribution in [-0.4, -0.2) is 27.1 Å². The van der Waals surface area contributed by atoms with Crippen molar-refractivity contribution < 1.29 is 4.39 Å². The van der Waals surface area contributed by atoms with Gasteiger partial charge >= 0.3 is 279 Å². The molecule has 1 aliphatic rings. The number of aromatic nitrogens is 2. The minimum absolute atomic E-state index is 0.0624. The van der Waals surface area contributed by atoms with Crippen molar-refractivity contribution in [2.45, 2.75) is 227 Å². The summed E-state index contributed by atoms with van der Waals surface area (Å²) in [5, 5.41) is 0. The number of fused-ring (bicyclic) bond motifs is 4. The summed E-state index contributed by atoms with van der Waals surface area (Å²) in [5.74, 6) is -0.249. The number of nitrogens with zero attached hydrogens (tertiary/aromatic N) is 2. The molecule has 4 aromatic rings. The molecule has 2 nitrogen and oxygen atoms in total. The van der Waals surface area contributed by atoms with E-state index in [0.29, 0.717) is 9.99 Å². The summed E-state index contributed by atoms with van der Waals surface area (Å²) < 4.78 is 26.7. The van der Waals surface area contributed by atoms with Gasteiger partial charge in [-0.05, 0) is 0 Å². The molecule has 0 spiro atoms. The van der Waals surface area contributed by atoms with Gasteiger partial charge in [-0.25, -0.2) is 0 Å². The molecule has 324 valence electrons. The fourth-order valence-electron chi connectivity index (χ4n) is 9.45. The number of thiophene rings is 2. The fourth-order valence-corrected chi connectivity index (χ4v) is 18.4. The first-order valence-electron chi connectivity index (χ1n) is 24.1. The van der Waals surface area contributed by atoms with E-state index in [-0.39, 0.29) is 11.2 Å². The summed E-state index contributed by atoms with van der Waals surface area (Å²) in [5.41, 5.74) is 5.62. The monoisotopic (exact) mass is 1020 g/mol. The van der Waals surface area contributed by atoms with Crippen molar-refractivity contribution in [3.63, 3.8) is 0 Å². The van der Waals surface area contributed by atoms with Gasteiger partial charge in [0.1, 0.15) is 0 Å². The van der Waals surface area contributed by atoms with Gasteiger partial charge in [0.2, 0.25) is 0 Å². The van der Waals surface area contributed by atoms with Crippen molar-refractivity contribution in [2.75, 3.05) is 0 Å². The Hall–Kier alpha value is -0.351. The fraction of sp³-hybridized carbons (Fsp3) is 0.720. The van der Waals surface area contributed by atoms with E-state index >= 15 is 4.39 Å². The molecule has 0 N–H and O–H groups in total. The molecule has 0 unspecified atom stereocenters. The zero-order valence-electron chi connectivity index (χ0n) is 37.3. The van der Waals surface area contributed by atoms with Crippen molar-refractivity contribution in [3.8, 4) is 20.2 Å². The summed E-state index contributed by atoms with van der Waals surface area (Å²) in [6, 6.07) is 6.88. The van der Waals surface area contributed by atoms with E-state index in [1.807, 2.05) is 11.3 Å². The SMILES string of the molecule is CCCCCCCCCCCCCCCCC1(CCCCCCCCCCCCCCCC)c2cc(-c3cc(F)c(Br)c4nsnc34)sc2-c2s[c]([Sn]([CH3])([CH3])[CH3])cc21. The van der Waals surface area contributed by atoms with Crippen LogP contribution in [0.1, 0.15) is 218 Å². The van der Waals surface area contributed by atoms with Gasteiger partial charge in [-0.1, -0.05) is 104 Å². The predicted octanol–water partition coefficient (Wildman–Crippen LogP) is 18.9. The van der Waals surface area contributed by atoms with Crippen LogP contribution >= 0.6 is 50.3 Å². The summed E-state index contributed by atoms with van der Waals surface area (Å²) in [6.45, 7) is 4.61. The predicted molar refractivity (Wildman–Crippen MR) is 265 cm³/mol. The number of halogens is 2. The first kappa shape index (κ1) is 48.7. The average Bonchev–Trinajstić information content (AvgIpc) is 4.01. The van der Waals surface area contributed by atoms with Gasteiger partial charge in [0.15, 0.2) is 0 Å². The Morgan fingerprint density at radius 1 is 0.534 bits per heavy atom. The Morgan fingerprint density at radius 3 is 1.38 bits per heavy atom. The number of rotatable bonds is 32. The third-order valence-corrected chi connectivity index (χ3v) is 26.2. The van der Waals surface area contributed by atoms with Gasteiger partial charge in [0, 0.05) is 0 Å². The molecule has 0 bridgehead atoms. The third kappa shape index (κ3) is 13.8.